The first-order valence-electron chi connectivity index (χ1n) is 4.60. The Balaban J connectivity index is 3.50. The molecule has 1 rings (SSSR count). The van der Waals surface area contributed by atoms with Gasteiger partial charge in [0.15, 0.2) is 5.75 Å². The van der Waals surface area contributed by atoms with Crippen molar-refractivity contribution < 1.29 is 19.4 Å². The number of halogens is 2. The molecule has 0 saturated carbocycles. The highest BCUT2D eigenvalue weighted by Crippen LogP contribution is 2.37. The summed E-state index contributed by atoms with van der Waals surface area (Å²) in [5.74, 6) is -2.52. The fourth-order valence-corrected chi connectivity index (χ4v) is 2.01. The molecule has 0 atom stereocenters. The maximum atomic E-state index is 11.2. The zero-order valence-corrected chi connectivity index (χ0v) is 10.7. The second kappa shape index (κ2) is 5.01. The summed E-state index contributed by atoms with van der Waals surface area (Å²) in [6.07, 6.45) is 0. The smallest absolute Gasteiger partial charge is 0.264 e. The van der Waals surface area contributed by atoms with E-state index in [9.17, 15) is 14.7 Å². The summed E-state index contributed by atoms with van der Waals surface area (Å²) in [5, 5.41) is 9.94. The number of ether oxygens (including phenoxy) is 1. The van der Waals surface area contributed by atoms with Crippen molar-refractivity contribution in [2.45, 2.75) is 5.60 Å². The molecule has 1 aromatic carbocycles. The number of methoxy groups -OCH3 is 1. The number of hydrogen-bond donors (Lipinski definition) is 3. The first-order chi connectivity index (χ1) is 8.25. The Bertz CT molecular complexity index is 482. The second-order valence-corrected chi connectivity index (χ2v) is 4.23. The van der Waals surface area contributed by atoms with Crippen LogP contribution in [0.4, 0.5) is 0 Å². The molecule has 2 amide bonds. The van der Waals surface area contributed by atoms with Crippen molar-refractivity contribution >= 4 is 35.0 Å². The number of carbonyl (C=O) groups excluding carboxylic acids is 2. The molecule has 5 N–H and O–H groups in total. The Morgan fingerprint density at radius 2 is 1.61 bits per heavy atom. The van der Waals surface area contributed by atoms with Crippen LogP contribution in [-0.4, -0.2) is 24.0 Å². The average Bonchev–Trinajstić information content (AvgIpc) is 2.26. The van der Waals surface area contributed by atoms with Crippen molar-refractivity contribution in [3.05, 3.63) is 27.7 Å². The predicted octanol–water partition coefficient (Wildman–Crippen LogP) is 0.160. The van der Waals surface area contributed by atoms with E-state index in [-0.39, 0.29) is 21.4 Å². The summed E-state index contributed by atoms with van der Waals surface area (Å²) >= 11 is 11.7. The molecule has 0 unspecified atom stereocenters. The van der Waals surface area contributed by atoms with E-state index < -0.39 is 17.4 Å². The Kier molecular flexibility index (Phi) is 4.05. The lowest BCUT2D eigenvalue weighted by atomic mass is 9.92. The van der Waals surface area contributed by atoms with Crippen molar-refractivity contribution in [2.24, 2.45) is 11.5 Å². The Morgan fingerprint density at radius 3 is 1.89 bits per heavy atom. The molecule has 0 bridgehead atoms. The number of aliphatic hydroxyl groups is 1. The van der Waals surface area contributed by atoms with Crippen LogP contribution in [0.2, 0.25) is 10.0 Å². The third kappa shape index (κ3) is 2.22. The molecular formula is C10H10Cl2N2O4. The van der Waals surface area contributed by atoms with Gasteiger partial charge in [0.2, 0.25) is 5.60 Å². The lowest BCUT2D eigenvalue weighted by molar-refractivity contribution is -0.150. The van der Waals surface area contributed by atoms with Crippen LogP contribution in [-0.2, 0) is 15.2 Å². The monoisotopic (exact) mass is 292 g/mol. The fourth-order valence-electron chi connectivity index (χ4n) is 1.37. The highest BCUT2D eigenvalue weighted by Gasteiger charge is 2.43. The summed E-state index contributed by atoms with van der Waals surface area (Å²) in [6, 6.07) is 2.25. The maximum Gasteiger partial charge on any atom is 0.264 e. The molecule has 0 aromatic heterocycles. The summed E-state index contributed by atoms with van der Waals surface area (Å²) in [4.78, 5) is 22.4. The summed E-state index contributed by atoms with van der Waals surface area (Å²) in [7, 11) is 1.33. The molecule has 0 heterocycles. The van der Waals surface area contributed by atoms with Gasteiger partial charge < -0.3 is 21.3 Å². The van der Waals surface area contributed by atoms with Gasteiger partial charge in [0, 0.05) is 5.56 Å². The second-order valence-electron chi connectivity index (χ2n) is 3.41. The zero-order valence-electron chi connectivity index (χ0n) is 9.24. The summed E-state index contributed by atoms with van der Waals surface area (Å²) in [6.45, 7) is 0. The van der Waals surface area contributed by atoms with Gasteiger partial charge in [-0.3, -0.25) is 9.59 Å². The Labute approximate surface area is 112 Å². The van der Waals surface area contributed by atoms with E-state index in [1.54, 1.807) is 0 Å². The molecule has 0 spiro atoms. The van der Waals surface area contributed by atoms with Gasteiger partial charge in [0.1, 0.15) is 0 Å². The quantitative estimate of drug-likeness (QED) is 0.686. The van der Waals surface area contributed by atoms with Gasteiger partial charge >= 0.3 is 0 Å². The highest BCUT2D eigenvalue weighted by atomic mass is 35.5. The van der Waals surface area contributed by atoms with E-state index in [1.807, 2.05) is 0 Å². The number of benzene rings is 1. The van der Waals surface area contributed by atoms with Crippen LogP contribution >= 0.6 is 23.2 Å². The van der Waals surface area contributed by atoms with Gasteiger partial charge in [-0.15, -0.1) is 0 Å². The molecule has 0 aliphatic carbocycles. The molecule has 1 aromatic rings. The first-order valence-corrected chi connectivity index (χ1v) is 5.36. The van der Waals surface area contributed by atoms with Gasteiger partial charge in [-0.05, 0) is 12.1 Å². The number of carbonyl (C=O) groups is 2. The molecule has 8 heteroatoms. The standard InChI is InChI=1S/C10H10Cl2N2O4/c1-18-7-5(11)2-4(3-6(7)12)10(17,8(13)15)9(14)16/h2-3,17H,1H3,(H2,13,15)(H2,14,16). The Hall–Kier alpha value is -1.50. The van der Waals surface area contributed by atoms with E-state index in [2.05, 4.69) is 0 Å². The van der Waals surface area contributed by atoms with Crippen LogP contribution in [0.3, 0.4) is 0 Å². The van der Waals surface area contributed by atoms with Crippen molar-refractivity contribution in [3.63, 3.8) is 0 Å². The van der Waals surface area contributed by atoms with Crippen LogP contribution in [0.15, 0.2) is 12.1 Å². The summed E-state index contributed by atoms with van der Waals surface area (Å²) < 4.78 is 4.89. The normalized spacial score (nSPS) is 11.1. The van der Waals surface area contributed by atoms with E-state index in [1.165, 1.54) is 7.11 Å². The van der Waals surface area contributed by atoms with Gasteiger partial charge in [-0.25, -0.2) is 0 Å². The first kappa shape index (κ1) is 14.6. The lowest BCUT2D eigenvalue weighted by Gasteiger charge is -2.22. The SMILES string of the molecule is COc1c(Cl)cc(C(O)(C(N)=O)C(N)=O)cc1Cl. The lowest BCUT2D eigenvalue weighted by Crippen LogP contribution is -2.51. The zero-order chi connectivity index (χ0) is 14.1. The molecule has 0 aliphatic rings. The van der Waals surface area contributed by atoms with Crippen LogP contribution < -0.4 is 16.2 Å². The molecular weight excluding hydrogens is 283 g/mol. The van der Waals surface area contributed by atoms with Crippen molar-refractivity contribution in [1.82, 2.24) is 0 Å². The van der Waals surface area contributed by atoms with Crippen LogP contribution in [0.5, 0.6) is 5.75 Å². The minimum Gasteiger partial charge on any atom is -0.494 e. The predicted molar refractivity (Wildman–Crippen MR) is 65.3 cm³/mol. The van der Waals surface area contributed by atoms with Crippen LogP contribution in [0.1, 0.15) is 5.56 Å². The topological polar surface area (TPSA) is 116 Å². The third-order valence-electron chi connectivity index (χ3n) is 2.33. The third-order valence-corrected chi connectivity index (χ3v) is 2.89. The number of rotatable bonds is 4. The van der Waals surface area contributed by atoms with Gasteiger partial charge in [0.05, 0.1) is 17.2 Å². The largest absolute Gasteiger partial charge is 0.494 e. The van der Waals surface area contributed by atoms with Crippen molar-refractivity contribution in [1.29, 1.82) is 0 Å². The van der Waals surface area contributed by atoms with E-state index in [0.717, 1.165) is 12.1 Å². The number of primary amides is 2. The molecule has 0 saturated heterocycles. The van der Waals surface area contributed by atoms with E-state index in [0.29, 0.717) is 0 Å². The number of amides is 2. The average molecular weight is 293 g/mol. The highest BCUT2D eigenvalue weighted by molar-refractivity contribution is 6.37. The van der Waals surface area contributed by atoms with Crippen molar-refractivity contribution in [3.8, 4) is 5.75 Å². The van der Waals surface area contributed by atoms with Crippen LogP contribution in [0, 0.1) is 0 Å². The summed E-state index contributed by atoms with van der Waals surface area (Å²) in [5.41, 5.74) is 7.03. The molecule has 18 heavy (non-hydrogen) atoms. The van der Waals surface area contributed by atoms with E-state index in [4.69, 9.17) is 39.4 Å². The van der Waals surface area contributed by atoms with Gasteiger partial charge in [-0.2, -0.15) is 0 Å². The van der Waals surface area contributed by atoms with Crippen molar-refractivity contribution in [2.75, 3.05) is 7.11 Å². The van der Waals surface area contributed by atoms with Gasteiger partial charge in [-0.1, -0.05) is 23.2 Å². The maximum absolute atomic E-state index is 11.2. The Morgan fingerprint density at radius 1 is 1.22 bits per heavy atom. The fraction of sp³-hybridized carbons (Fsp3) is 0.200. The minimum atomic E-state index is -2.68. The van der Waals surface area contributed by atoms with Gasteiger partial charge in [0.25, 0.3) is 11.8 Å². The van der Waals surface area contributed by atoms with Crippen LogP contribution in [0.25, 0.3) is 0 Å². The molecule has 0 fully saturated rings. The van der Waals surface area contributed by atoms with E-state index >= 15 is 0 Å². The minimum absolute atomic E-state index is 0.000856. The number of nitrogens with two attached hydrogens (primary N) is 2. The molecule has 0 radical (unpaired) electrons. The molecule has 0 aliphatic heterocycles. The molecule has 6 nitrogen and oxygen atoms in total. The number of hydrogen-bond acceptors (Lipinski definition) is 4. The molecule has 98 valence electrons.